The maximum absolute atomic E-state index is 11.9. The average molecular weight is 439 g/mol. The van der Waals surface area contributed by atoms with Gasteiger partial charge in [-0.2, -0.15) is 5.10 Å². The third-order valence-corrected chi connectivity index (χ3v) is 4.99. The lowest BCUT2D eigenvalue weighted by Gasteiger charge is -2.19. The molecule has 0 amide bonds. The largest absolute Gasteiger partial charge is 0.478 e. The summed E-state index contributed by atoms with van der Waals surface area (Å²) in [5.41, 5.74) is 2.68. The third-order valence-electron chi connectivity index (χ3n) is 4.50. The number of nitrogens with zero attached hydrogens (tertiary/aromatic N) is 2. The molecule has 3 aromatic carbocycles. The number of hydrogen-bond acceptors (Lipinski definition) is 3. The highest BCUT2D eigenvalue weighted by molar-refractivity contribution is 6.31. The number of rotatable bonds is 6. The summed E-state index contributed by atoms with van der Waals surface area (Å²) in [7, 11) is 0. The highest BCUT2D eigenvalue weighted by Gasteiger charge is 2.24. The van der Waals surface area contributed by atoms with E-state index in [0.29, 0.717) is 26.9 Å². The van der Waals surface area contributed by atoms with Gasteiger partial charge in [-0.25, -0.2) is 9.48 Å². The van der Waals surface area contributed by atoms with Crippen molar-refractivity contribution in [3.8, 4) is 22.7 Å². The second-order valence-electron chi connectivity index (χ2n) is 6.49. The molecule has 0 aliphatic heterocycles. The molecular weight excluding hydrogens is 423 g/mol. The predicted molar refractivity (Wildman–Crippen MR) is 116 cm³/mol. The molecule has 30 heavy (non-hydrogen) atoms. The van der Waals surface area contributed by atoms with E-state index < -0.39 is 12.1 Å². The molecule has 0 bridgehead atoms. The molecule has 0 aliphatic carbocycles. The van der Waals surface area contributed by atoms with Crippen LogP contribution in [0, 0.1) is 0 Å². The molecule has 4 rings (SSSR count). The van der Waals surface area contributed by atoms with Crippen LogP contribution in [0.25, 0.3) is 16.9 Å². The Morgan fingerprint density at radius 3 is 2.33 bits per heavy atom. The quantitative estimate of drug-likeness (QED) is 0.397. The number of aromatic nitrogens is 2. The Kier molecular flexibility index (Phi) is 5.74. The number of para-hydroxylation sites is 1. The normalized spacial score (nSPS) is 11.8. The van der Waals surface area contributed by atoms with E-state index in [1.165, 1.54) is 0 Å². The minimum absolute atomic E-state index is 0.374. The Balaban J connectivity index is 1.78. The van der Waals surface area contributed by atoms with Crippen LogP contribution in [0.3, 0.4) is 0 Å². The number of hydrogen-bond donors (Lipinski definition) is 1. The zero-order chi connectivity index (χ0) is 21.1. The summed E-state index contributed by atoms with van der Waals surface area (Å²) in [6, 6.07) is 23.0. The summed E-state index contributed by atoms with van der Waals surface area (Å²) in [5.74, 6) is -0.741. The second-order valence-corrected chi connectivity index (χ2v) is 7.36. The standard InChI is InChI=1S/C23H16Cl2N2O3/c24-16-8-6-15(7-9-16)22(23(28)29)30-21-11-10-17(25)14-19(21)20-12-13-26-27(20)18-4-2-1-3-5-18/h1-14,22H,(H,28,29). The van der Waals surface area contributed by atoms with Gasteiger partial charge in [-0.05, 0) is 48.5 Å². The van der Waals surface area contributed by atoms with Crippen LogP contribution in [0.5, 0.6) is 5.75 Å². The molecule has 0 fully saturated rings. The molecule has 0 aliphatic rings. The molecule has 4 aromatic rings. The predicted octanol–water partition coefficient (Wildman–Crippen LogP) is 6.05. The van der Waals surface area contributed by atoms with Crippen molar-refractivity contribution in [2.75, 3.05) is 0 Å². The average Bonchev–Trinajstić information content (AvgIpc) is 3.24. The van der Waals surface area contributed by atoms with E-state index in [0.717, 1.165) is 11.4 Å². The number of ether oxygens (including phenoxy) is 1. The zero-order valence-corrected chi connectivity index (χ0v) is 17.1. The Hall–Kier alpha value is -3.28. The van der Waals surface area contributed by atoms with Gasteiger partial charge < -0.3 is 9.84 Å². The third kappa shape index (κ3) is 4.17. The van der Waals surface area contributed by atoms with E-state index in [2.05, 4.69) is 5.10 Å². The lowest BCUT2D eigenvalue weighted by molar-refractivity contribution is -0.145. The number of benzene rings is 3. The molecular formula is C23H16Cl2N2O3. The van der Waals surface area contributed by atoms with Gasteiger partial charge in [-0.1, -0.05) is 53.5 Å². The first kappa shape index (κ1) is 20.0. The number of carbonyl (C=O) groups is 1. The first-order valence-electron chi connectivity index (χ1n) is 9.07. The summed E-state index contributed by atoms with van der Waals surface area (Å²) in [4.78, 5) is 11.9. The van der Waals surface area contributed by atoms with Crippen LogP contribution in [0.2, 0.25) is 10.0 Å². The molecule has 1 atom stereocenters. The highest BCUT2D eigenvalue weighted by Crippen LogP contribution is 2.36. The summed E-state index contributed by atoms with van der Waals surface area (Å²) < 4.78 is 7.71. The van der Waals surface area contributed by atoms with Crippen molar-refractivity contribution in [3.63, 3.8) is 0 Å². The van der Waals surface area contributed by atoms with E-state index in [9.17, 15) is 9.90 Å². The molecule has 0 radical (unpaired) electrons. The zero-order valence-electron chi connectivity index (χ0n) is 15.6. The van der Waals surface area contributed by atoms with E-state index in [4.69, 9.17) is 27.9 Å². The molecule has 1 aromatic heterocycles. The SMILES string of the molecule is O=C(O)C(Oc1ccc(Cl)cc1-c1ccnn1-c1ccccc1)c1ccc(Cl)cc1. The van der Waals surface area contributed by atoms with E-state index >= 15 is 0 Å². The first-order chi connectivity index (χ1) is 14.5. The Morgan fingerprint density at radius 1 is 0.933 bits per heavy atom. The molecule has 0 spiro atoms. The molecule has 1 heterocycles. The maximum Gasteiger partial charge on any atom is 0.349 e. The van der Waals surface area contributed by atoms with Crippen LogP contribution in [0.4, 0.5) is 0 Å². The minimum atomic E-state index is -1.21. The van der Waals surface area contributed by atoms with Crippen LogP contribution in [-0.4, -0.2) is 20.9 Å². The van der Waals surface area contributed by atoms with Gasteiger partial charge in [0.05, 0.1) is 17.6 Å². The minimum Gasteiger partial charge on any atom is -0.478 e. The Morgan fingerprint density at radius 2 is 1.63 bits per heavy atom. The van der Waals surface area contributed by atoms with Crippen molar-refractivity contribution in [2.45, 2.75) is 6.10 Å². The van der Waals surface area contributed by atoms with Gasteiger partial charge in [-0.15, -0.1) is 0 Å². The van der Waals surface area contributed by atoms with Crippen molar-refractivity contribution in [1.29, 1.82) is 0 Å². The van der Waals surface area contributed by atoms with Crippen molar-refractivity contribution in [1.82, 2.24) is 9.78 Å². The summed E-state index contributed by atoms with van der Waals surface area (Å²) in [6.07, 6.45) is 0.455. The number of carboxylic acids is 1. The van der Waals surface area contributed by atoms with Crippen LogP contribution in [0.15, 0.2) is 85.1 Å². The summed E-state index contributed by atoms with van der Waals surface area (Å²) >= 11 is 12.2. The van der Waals surface area contributed by atoms with Gasteiger partial charge in [0.25, 0.3) is 0 Å². The molecule has 7 heteroatoms. The van der Waals surface area contributed by atoms with Crippen molar-refractivity contribution in [2.24, 2.45) is 0 Å². The fourth-order valence-electron chi connectivity index (χ4n) is 3.11. The molecule has 5 nitrogen and oxygen atoms in total. The summed E-state index contributed by atoms with van der Waals surface area (Å²) in [5, 5.41) is 15.2. The molecule has 1 unspecified atom stereocenters. The molecule has 150 valence electrons. The fraction of sp³-hybridized carbons (Fsp3) is 0.0435. The van der Waals surface area contributed by atoms with E-state index in [1.54, 1.807) is 53.3 Å². The monoisotopic (exact) mass is 438 g/mol. The lowest BCUT2D eigenvalue weighted by Crippen LogP contribution is -2.18. The summed E-state index contributed by atoms with van der Waals surface area (Å²) in [6.45, 7) is 0. The van der Waals surface area contributed by atoms with Crippen LogP contribution in [-0.2, 0) is 4.79 Å². The van der Waals surface area contributed by atoms with Crippen molar-refractivity contribution < 1.29 is 14.6 Å². The number of carboxylic acid groups (broad SMARTS) is 1. The van der Waals surface area contributed by atoms with E-state index in [1.807, 2.05) is 36.4 Å². The highest BCUT2D eigenvalue weighted by atomic mass is 35.5. The second kappa shape index (κ2) is 8.61. The smallest absolute Gasteiger partial charge is 0.349 e. The van der Waals surface area contributed by atoms with Crippen LogP contribution < -0.4 is 4.74 Å². The lowest BCUT2D eigenvalue weighted by atomic mass is 10.1. The molecule has 0 saturated heterocycles. The number of aliphatic carboxylic acids is 1. The number of halogens is 2. The van der Waals surface area contributed by atoms with Gasteiger partial charge in [0.2, 0.25) is 6.10 Å². The van der Waals surface area contributed by atoms with Crippen LogP contribution >= 0.6 is 23.2 Å². The van der Waals surface area contributed by atoms with Gasteiger partial charge in [-0.3, -0.25) is 0 Å². The van der Waals surface area contributed by atoms with Gasteiger partial charge >= 0.3 is 5.97 Å². The van der Waals surface area contributed by atoms with Gasteiger partial charge in [0.15, 0.2) is 0 Å². The van der Waals surface area contributed by atoms with Crippen molar-refractivity contribution in [3.05, 3.63) is 101 Å². The van der Waals surface area contributed by atoms with Crippen LogP contribution in [0.1, 0.15) is 11.7 Å². The first-order valence-corrected chi connectivity index (χ1v) is 9.83. The molecule has 1 N–H and O–H groups in total. The Labute approximate surface area is 183 Å². The van der Waals surface area contributed by atoms with Crippen molar-refractivity contribution >= 4 is 29.2 Å². The van der Waals surface area contributed by atoms with Gasteiger partial charge in [0, 0.05) is 21.2 Å². The van der Waals surface area contributed by atoms with Gasteiger partial charge in [0.1, 0.15) is 5.75 Å². The topological polar surface area (TPSA) is 64.3 Å². The molecule has 0 saturated carbocycles. The van der Waals surface area contributed by atoms with E-state index in [-0.39, 0.29) is 0 Å². The Bertz CT molecular complexity index is 1170. The fourth-order valence-corrected chi connectivity index (χ4v) is 3.41. The maximum atomic E-state index is 11.9.